The molecule has 1 rings (SSSR count). The van der Waals surface area contributed by atoms with Crippen molar-refractivity contribution in [3.05, 3.63) is 23.4 Å². The van der Waals surface area contributed by atoms with Crippen LogP contribution in [0.25, 0.3) is 0 Å². The fourth-order valence-electron chi connectivity index (χ4n) is 2.06. The van der Waals surface area contributed by atoms with Crippen LogP contribution in [0.15, 0.2) is 28.4 Å². The zero-order valence-corrected chi connectivity index (χ0v) is 10.7. The van der Waals surface area contributed by atoms with E-state index in [1.807, 2.05) is 6.21 Å². The standard InChI is InChI=1S/C14H23N/c1-11(2)6-7-14(5)8-12(3)10-15-13(4)9-14/h8-11H,6-7H2,1-5H3. The van der Waals surface area contributed by atoms with Gasteiger partial charge in [0.25, 0.3) is 0 Å². The van der Waals surface area contributed by atoms with Crippen LogP contribution in [0.5, 0.6) is 0 Å². The van der Waals surface area contributed by atoms with Crippen LogP contribution in [0.2, 0.25) is 0 Å². The molecule has 1 aliphatic rings. The molecule has 0 N–H and O–H groups in total. The van der Waals surface area contributed by atoms with Gasteiger partial charge in [0.2, 0.25) is 0 Å². The molecular formula is C14H23N. The number of aliphatic imine (C=N–C) groups is 1. The highest BCUT2D eigenvalue weighted by atomic mass is 14.7. The smallest absolute Gasteiger partial charge is 0.0341 e. The Balaban J connectivity index is 2.81. The van der Waals surface area contributed by atoms with Gasteiger partial charge in [0.15, 0.2) is 0 Å². The van der Waals surface area contributed by atoms with Crippen LogP contribution in [-0.4, -0.2) is 6.21 Å². The van der Waals surface area contributed by atoms with Gasteiger partial charge in [-0.1, -0.05) is 32.9 Å². The van der Waals surface area contributed by atoms with Crippen LogP contribution >= 0.6 is 0 Å². The molecule has 0 aromatic carbocycles. The average molecular weight is 205 g/mol. The SMILES string of the molecule is CC1=CC(C)(CCC(C)C)C=C(C)N=C1. The second-order valence-corrected chi connectivity index (χ2v) is 5.37. The Hall–Kier alpha value is -0.850. The highest BCUT2D eigenvalue weighted by molar-refractivity contribution is 5.79. The molecule has 1 heterocycles. The largest absolute Gasteiger partial charge is 0.262 e. The van der Waals surface area contributed by atoms with Gasteiger partial charge in [-0.25, -0.2) is 0 Å². The number of hydrogen-bond acceptors (Lipinski definition) is 1. The van der Waals surface area contributed by atoms with Crippen molar-refractivity contribution in [1.82, 2.24) is 0 Å². The molecule has 1 heteroatoms. The zero-order chi connectivity index (χ0) is 11.5. The lowest BCUT2D eigenvalue weighted by molar-refractivity contribution is 0.422. The van der Waals surface area contributed by atoms with Crippen LogP contribution in [0.4, 0.5) is 0 Å². The summed E-state index contributed by atoms with van der Waals surface area (Å²) in [5.41, 5.74) is 2.60. The normalized spacial score (nSPS) is 26.3. The number of nitrogens with zero attached hydrogens (tertiary/aromatic N) is 1. The van der Waals surface area contributed by atoms with E-state index in [4.69, 9.17) is 0 Å². The fourth-order valence-corrected chi connectivity index (χ4v) is 2.06. The Bertz CT molecular complexity index is 283. The van der Waals surface area contributed by atoms with Gasteiger partial charge in [-0.3, -0.25) is 4.99 Å². The van der Waals surface area contributed by atoms with E-state index in [2.05, 4.69) is 51.8 Å². The first kappa shape index (κ1) is 12.2. The number of hydrogen-bond donors (Lipinski definition) is 0. The van der Waals surface area contributed by atoms with Crippen molar-refractivity contribution >= 4 is 6.21 Å². The topological polar surface area (TPSA) is 12.4 Å². The molecule has 0 bridgehead atoms. The molecular weight excluding hydrogens is 182 g/mol. The van der Waals surface area contributed by atoms with Crippen molar-refractivity contribution in [2.24, 2.45) is 16.3 Å². The van der Waals surface area contributed by atoms with E-state index in [0.717, 1.165) is 11.6 Å². The molecule has 0 radical (unpaired) electrons. The van der Waals surface area contributed by atoms with Crippen LogP contribution in [0.1, 0.15) is 47.5 Å². The summed E-state index contributed by atoms with van der Waals surface area (Å²) in [7, 11) is 0. The summed E-state index contributed by atoms with van der Waals surface area (Å²) in [5, 5.41) is 0. The Morgan fingerprint density at radius 3 is 2.53 bits per heavy atom. The molecule has 0 amide bonds. The van der Waals surface area contributed by atoms with Gasteiger partial charge >= 0.3 is 0 Å². The van der Waals surface area contributed by atoms with Gasteiger partial charge in [-0.2, -0.15) is 0 Å². The van der Waals surface area contributed by atoms with E-state index in [0.29, 0.717) is 0 Å². The molecule has 0 aliphatic carbocycles. The first-order valence-electron chi connectivity index (χ1n) is 5.84. The van der Waals surface area contributed by atoms with Crippen LogP contribution < -0.4 is 0 Å². The zero-order valence-electron chi connectivity index (χ0n) is 10.7. The van der Waals surface area contributed by atoms with Crippen molar-refractivity contribution in [1.29, 1.82) is 0 Å². The molecule has 1 nitrogen and oxygen atoms in total. The molecule has 0 aromatic heterocycles. The molecule has 0 fully saturated rings. The Kier molecular flexibility index (Phi) is 3.90. The van der Waals surface area contributed by atoms with E-state index in [1.165, 1.54) is 18.4 Å². The Morgan fingerprint density at radius 1 is 1.27 bits per heavy atom. The second-order valence-electron chi connectivity index (χ2n) is 5.37. The fraction of sp³-hybridized carbons (Fsp3) is 0.643. The maximum atomic E-state index is 4.40. The summed E-state index contributed by atoms with van der Waals surface area (Å²) in [6, 6.07) is 0. The van der Waals surface area contributed by atoms with E-state index in [9.17, 15) is 0 Å². The van der Waals surface area contributed by atoms with Gasteiger partial charge in [-0.15, -0.1) is 0 Å². The summed E-state index contributed by atoms with van der Waals surface area (Å²) in [6.45, 7) is 11.1. The lowest BCUT2D eigenvalue weighted by Gasteiger charge is -2.23. The van der Waals surface area contributed by atoms with E-state index >= 15 is 0 Å². The molecule has 0 saturated carbocycles. The summed E-state index contributed by atoms with van der Waals surface area (Å²) < 4.78 is 0. The molecule has 0 aromatic rings. The minimum atomic E-state index is 0.189. The van der Waals surface area contributed by atoms with E-state index in [1.54, 1.807) is 0 Å². The van der Waals surface area contributed by atoms with Crippen molar-refractivity contribution in [3.63, 3.8) is 0 Å². The van der Waals surface area contributed by atoms with Crippen LogP contribution in [0.3, 0.4) is 0 Å². The maximum Gasteiger partial charge on any atom is 0.0341 e. The Labute approximate surface area is 94.0 Å². The van der Waals surface area contributed by atoms with E-state index < -0.39 is 0 Å². The predicted molar refractivity (Wildman–Crippen MR) is 68.2 cm³/mol. The average Bonchev–Trinajstić information content (AvgIpc) is 2.23. The van der Waals surface area contributed by atoms with E-state index in [-0.39, 0.29) is 5.41 Å². The van der Waals surface area contributed by atoms with Crippen LogP contribution in [-0.2, 0) is 0 Å². The van der Waals surface area contributed by atoms with Crippen molar-refractivity contribution in [3.8, 4) is 0 Å². The molecule has 84 valence electrons. The third-order valence-electron chi connectivity index (χ3n) is 2.83. The second kappa shape index (κ2) is 4.78. The lowest BCUT2D eigenvalue weighted by Crippen LogP contribution is -2.11. The minimum Gasteiger partial charge on any atom is -0.262 e. The molecule has 1 unspecified atom stereocenters. The molecule has 1 atom stereocenters. The highest BCUT2D eigenvalue weighted by Gasteiger charge is 2.20. The van der Waals surface area contributed by atoms with Crippen molar-refractivity contribution < 1.29 is 0 Å². The van der Waals surface area contributed by atoms with Crippen molar-refractivity contribution in [2.45, 2.75) is 47.5 Å². The molecule has 0 spiro atoms. The summed E-state index contributed by atoms with van der Waals surface area (Å²) in [4.78, 5) is 4.40. The Morgan fingerprint density at radius 2 is 1.93 bits per heavy atom. The summed E-state index contributed by atoms with van der Waals surface area (Å²) >= 11 is 0. The number of allylic oxidation sites excluding steroid dienone is 4. The van der Waals surface area contributed by atoms with Crippen LogP contribution in [0, 0.1) is 11.3 Å². The number of rotatable bonds is 3. The molecule has 15 heavy (non-hydrogen) atoms. The minimum absolute atomic E-state index is 0.189. The van der Waals surface area contributed by atoms with Crippen molar-refractivity contribution in [2.75, 3.05) is 0 Å². The molecule has 1 aliphatic heterocycles. The quantitative estimate of drug-likeness (QED) is 0.649. The predicted octanol–water partition coefficient (Wildman–Crippen LogP) is 4.36. The summed E-state index contributed by atoms with van der Waals surface area (Å²) in [5.74, 6) is 0.772. The summed E-state index contributed by atoms with van der Waals surface area (Å²) in [6.07, 6.45) is 9.08. The monoisotopic (exact) mass is 205 g/mol. The highest BCUT2D eigenvalue weighted by Crippen LogP contribution is 2.32. The molecule has 0 saturated heterocycles. The van der Waals surface area contributed by atoms with Gasteiger partial charge < -0.3 is 0 Å². The van der Waals surface area contributed by atoms with Gasteiger partial charge in [0.1, 0.15) is 0 Å². The third kappa shape index (κ3) is 4.03. The van der Waals surface area contributed by atoms with Gasteiger partial charge in [0.05, 0.1) is 0 Å². The maximum absolute atomic E-state index is 4.40. The lowest BCUT2D eigenvalue weighted by atomic mass is 9.81. The third-order valence-corrected chi connectivity index (χ3v) is 2.83. The first-order valence-corrected chi connectivity index (χ1v) is 5.84. The van der Waals surface area contributed by atoms with Gasteiger partial charge in [-0.05, 0) is 38.2 Å². The first-order chi connectivity index (χ1) is 6.91. The van der Waals surface area contributed by atoms with Gasteiger partial charge in [0, 0.05) is 17.3 Å².